The first kappa shape index (κ1) is 4.84. The summed E-state index contributed by atoms with van der Waals surface area (Å²) in [6, 6.07) is 1.89. The van der Waals surface area contributed by atoms with Crippen molar-refractivity contribution in [1.29, 1.82) is 0 Å². The molecule has 1 aromatic rings. The standard InChI is InChI=1S/C4H5BrN2/c5-4-7-3-1-2-6-7/h1-3H,4H2. The predicted octanol–water partition coefficient (Wildman–Crippen LogP) is 1.24. The van der Waals surface area contributed by atoms with Crippen molar-refractivity contribution in [3.63, 3.8) is 0 Å². The van der Waals surface area contributed by atoms with Gasteiger partial charge in [0.05, 0.1) is 5.45 Å². The summed E-state index contributed by atoms with van der Waals surface area (Å²) >= 11 is 3.24. The van der Waals surface area contributed by atoms with E-state index < -0.39 is 0 Å². The van der Waals surface area contributed by atoms with Crippen molar-refractivity contribution in [2.75, 3.05) is 0 Å². The Morgan fingerprint density at radius 2 is 2.57 bits per heavy atom. The van der Waals surface area contributed by atoms with Crippen molar-refractivity contribution in [3.8, 4) is 0 Å². The highest BCUT2D eigenvalue weighted by molar-refractivity contribution is 9.08. The molecular formula is C4H5BrN2. The van der Waals surface area contributed by atoms with Gasteiger partial charge in [-0.05, 0) is 6.07 Å². The fourth-order valence-electron chi connectivity index (χ4n) is 0.371. The molecule has 0 atom stereocenters. The van der Waals surface area contributed by atoms with Gasteiger partial charge < -0.3 is 0 Å². The molecule has 1 aromatic heterocycles. The molecule has 38 valence electrons. The normalized spacial score (nSPS) is 9.29. The Kier molecular flexibility index (Phi) is 1.46. The van der Waals surface area contributed by atoms with Crippen LogP contribution in [-0.2, 0) is 5.45 Å². The number of aromatic nitrogens is 2. The van der Waals surface area contributed by atoms with Gasteiger partial charge in [0, 0.05) is 12.4 Å². The number of nitrogens with zero attached hydrogens (tertiary/aromatic N) is 2. The molecule has 3 heteroatoms. The Hall–Kier alpha value is -0.310. The van der Waals surface area contributed by atoms with Gasteiger partial charge in [-0.25, -0.2) is 0 Å². The minimum atomic E-state index is 0.778. The van der Waals surface area contributed by atoms with Crippen molar-refractivity contribution < 1.29 is 0 Å². The van der Waals surface area contributed by atoms with Crippen LogP contribution in [0.4, 0.5) is 0 Å². The van der Waals surface area contributed by atoms with E-state index in [1.807, 2.05) is 12.3 Å². The minimum Gasteiger partial charge on any atom is -0.262 e. The SMILES string of the molecule is BrCn1cccn1. The van der Waals surface area contributed by atoms with Crippen LogP contribution >= 0.6 is 15.9 Å². The van der Waals surface area contributed by atoms with Crippen molar-refractivity contribution in [3.05, 3.63) is 18.5 Å². The Morgan fingerprint density at radius 1 is 1.71 bits per heavy atom. The molecule has 0 amide bonds. The van der Waals surface area contributed by atoms with Gasteiger partial charge in [-0.3, -0.25) is 4.68 Å². The third-order valence-corrected chi connectivity index (χ3v) is 1.20. The molecule has 0 aromatic carbocycles. The maximum Gasteiger partial charge on any atom is 0.0959 e. The van der Waals surface area contributed by atoms with Crippen molar-refractivity contribution in [2.45, 2.75) is 5.45 Å². The third-order valence-electron chi connectivity index (χ3n) is 0.682. The molecule has 0 spiro atoms. The summed E-state index contributed by atoms with van der Waals surface area (Å²) in [5.41, 5.74) is 0.778. The van der Waals surface area contributed by atoms with E-state index in [4.69, 9.17) is 0 Å². The zero-order valence-electron chi connectivity index (χ0n) is 3.71. The Morgan fingerprint density at radius 3 is 2.86 bits per heavy atom. The molecule has 0 aliphatic carbocycles. The summed E-state index contributed by atoms with van der Waals surface area (Å²) in [5.74, 6) is 0. The van der Waals surface area contributed by atoms with E-state index in [2.05, 4.69) is 21.0 Å². The summed E-state index contributed by atoms with van der Waals surface area (Å²) in [6.45, 7) is 0. The van der Waals surface area contributed by atoms with Crippen LogP contribution in [0.3, 0.4) is 0 Å². The maximum atomic E-state index is 3.90. The predicted molar refractivity (Wildman–Crippen MR) is 31.2 cm³/mol. The van der Waals surface area contributed by atoms with Gasteiger partial charge >= 0.3 is 0 Å². The van der Waals surface area contributed by atoms with Crippen LogP contribution in [-0.4, -0.2) is 9.78 Å². The second-order valence-corrected chi connectivity index (χ2v) is 1.67. The smallest absolute Gasteiger partial charge is 0.0959 e. The molecule has 0 saturated heterocycles. The average molecular weight is 161 g/mol. The monoisotopic (exact) mass is 160 g/mol. The fraction of sp³-hybridized carbons (Fsp3) is 0.250. The fourth-order valence-corrected chi connectivity index (χ4v) is 0.668. The topological polar surface area (TPSA) is 17.8 Å². The highest BCUT2D eigenvalue weighted by Crippen LogP contribution is 1.87. The summed E-state index contributed by atoms with van der Waals surface area (Å²) in [6.07, 6.45) is 3.65. The van der Waals surface area contributed by atoms with Gasteiger partial charge in [-0.2, -0.15) is 5.10 Å². The molecule has 0 fully saturated rings. The van der Waals surface area contributed by atoms with Crippen LogP contribution in [0, 0.1) is 0 Å². The molecule has 0 bridgehead atoms. The number of hydrogen-bond donors (Lipinski definition) is 0. The Labute approximate surface area is 50.3 Å². The van der Waals surface area contributed by atoms with Crippen molar-refractivity contribution >= 4 is 15.9 Å². The van der Waals surface area contributed by atoms with Gasteiger partial charge in [-0.1, -0.05) is 15.9 Å². The van der Waals surface area contributed by atoms with Gasteiger partial charge in [0.1, 0.15) is 0 Å². The van der Waals surface area contributed by atoms with E-state index in [1.54, 1.807) is 10.9 Å². The third kappa shape index (κ3) is 1.03. The number of rotatable bonds is 1. The Bertz CT molecular complexity index is 124. The van der Waals surface area contributed by atoms with Crippen LogP contribution in [0.5, 0.6) is 0 Å². The van der Waals surface area contributed by atoms with Crippen molar-refractivity contribution in [2.24, 2.45) is 0 Å². The van der Waals surface area contributed by atoms with Gasteiger partial charge in [0.15, 0.2) is 0 Å². The van der Waals surface area contributed by atoms with Crippen molar-refractivity contribution in [1.82, 2.24) is 9.78 Å². The molecular weight excluding hydrogens is 156 g/mol. The number of alkyl halides is 1. The molecule has 7 heavy (non-hydrogen) atoms. The van der Waals surface area contributed by atoms with Crippen LogP contribution in [0.15, 0.2) is 18.5 Å². The first-order valence-corrected chi connectivity index (χ1v) is 3.09. The van der Waals surface area contributed by atoms with E-state index in [0.717, 1.165) is 5.45 Å². The van der Waals surface area contributed by atoms with Crippen LogP contribution in [0.1, 0.15) is 0 Å². The zero-order valence-corrected chi connectivity index (χ0v) is 5.30. The summed E-state index contributed by atoms with van der Waals surface area (Å²) in [5, 5.41) is 3.90. The lowest BCUT2D eigenvalue weighted by Crippen LogP contribution is -1.88. The van der Waals surface area contributed by atoms with Crippen LogP contribution in [0.25, 0.3) is 0 Å². The van der Waals surface area contributed by atoms with E-state index in [1.165, 1.54) is 0 Å². The number of halogens is 1. The Balaban J connectivity index is 2.76. The van der Waals surface area contributed by atoms with Crippen LogP contribution < -0.4 is 0 Å². The molecule has 1 heterocycles. The van der Waals surface area contributed by atoms with Crippen LogP contribution in [0.2, 0.25) is 0 Å². The maximum absolute atomic E-state index is 3.90. The molecule has 0 aliphatic rings. The lowest BCUT2D eigenvalue weighted by atomic mass is 10.8. The largest absolute Gasteiger partial charge is 0.262 e. The molecule has 0 N–H and O–H groups in total. The van der Waals surface area contributed by atoms with E-state index in [-0.39, 0.29) is 0 Å². The summed E-state index contributed by atoms with van der Waals surface area (Å²) in [4.78, 5) is 0. The van der Waals surface area contributed by atoms with E-state index in [9.17, 15) is 0 Å². The molecule has 0 radical (unpaired) electrons. The van der Waals surface area contributed by atoms with Gasteiger partial charge in [-0.15, -0.1) is 0 Å². The van der Waals surface area contributed by atoms with E-state index in [0.29, 0.717) is 0 Å². The van der Waals surface area contributed by atoms with Gasteiger partial charge in [0.2, 0.25) is 0 Å². The second kappa shape index (κ2) is 2.12. The first-order chi connectivity index (χ1) is 3.43. The molecule has 2 nitrogen and oxygen atoms in total. The lowest BCUT2D eigenvalue weighted by Gasteiger charge is -1.86. The summed E-state index contributed by atoms with van der Waals surface area (Å²) < 4.78 is 1.79. The minimum absolute atomic E-state index is 0.778. The average Bonchev–Trinajstić information content (AvgIpc) is 2.14. The number of hydrogen-bond acceptors (Lipinski definition) is 1. The molecule has 0 aliphatic heterocycles. The molecule has 1 rings (SSSR count). The quantitative estimate of drug-likeness (QED) is 0.566. The highest BCUT2D eigenvalue weighted by Gasteiger charge is 1.78. The first-order valence-electron chi connectivity index (χ1n) is 1.97. The zero-order chi connectivity index (χ0) is 5.11. The lowest BCUT2D eigenvalue weighted by molar-refractivity contribution is 0.759. The highest BCUT2D eigenvalue weighted by atomic mass is 79.9. The molecule has 0 unspecified atom stereocenters. The second-order valence-electron chi connectivity index (χ2n) is 1.17. The van der Waals surface area contributed by atoms with E-state index >= 15 is 0 Å². The van der Waals surface area contributed by atoms with Gasteiger partial charge in [0.25, 0.3) is 0 Å². The molecule has 0 saturated carbocycles. The summed E-state index contributed by atoms with van der Waals surface area (Å²) in [7, 11) is 0.